The molecule has 3 aromatic rings. The molecule has 0 N–H and O–H groups in total. The van der Waals surface area contributed by atoms with Crippen molar-refractivity contribution in [3.05, 3.63) is 109 Å². The van der Waals surface area contributed by atoms with E-state index in [1.165, 1.54) is 37.8 Å². The minimum atomic E-state index is -0.440. The first kappa shape index (κ1) is 41.4. The summed E-state index contributed by atoms with van der Waals surface area (Å²) >= 11 is 0. The number of unbranched alkanes of at least 4 members (excludes halogenated alkanes) is 11. The molecule has 3 aromatic carbocycles. The first-order chi connectivity index (χ1) is 25.5. The summed E-state index contributed by atoms with van der Waals surface area (Å²) in [6.07, 6.45) is 16.2. The molecule has 0 aliphatic carbocycles. The number of benzene rings is 3. The van der Waals surface area contributed by atoms with Crippen LogP contribution in [-0.4, -0.2) is 44.3 Å². The molecule has 0 heterocycles. The molecule has 0 aliphatic heterocycles. The Labute approximate surface area is 308 Å². The lowest BCUT2D eigenvalue weighted by atomic mass is 10.1. The summed E-state index contributed by atoms with van der Waals surface area (Å²) in [5.41, 5.74) is 1.45. The van der Waals surface area contributed by atoms with Crippen LogP contribution < -0.4 is 18.9 Å². The van der Waals surface area contributed by atoms with Gasteiger partial charge in [-0.2, -0.15) is 0 Å². The van der Waals surface area contributed by atoms with Gasteiger partial charge >= 0.3 is 17.9 Å². The zero-order chi connectivity index (χ0) is 37.1. The zero-order valence-corrected chi connectivity index (χ0v) is 30.4. The van der Waals surface area contributed by atoms with Gasteiger partial charge in [-0.05, 0) is 105 Å². The lowest BCUT2D eigenvalue weighted by Gasteiger charge is -2.10. The molecule has 9 heteroatoms. The Morgan fingerprint density at radius 1 is 0.442 bits per heavy atom. The van der Waals surface area contributed by atoms with Crippen LogP contribution in [0.4, 0.5) is 0 Å². The topological polar surface area (TPSA) is 107 Å². The lowest BCUT2D eigenvalue weighted by Crippen LogP contribution is -2.08. The molecule has 3 rings (SSSR count). The van der Waals surface area contributed by atoms with Crippen LogP contribution in [0.3, 0.4) is 0 Å². The van der Waals surface area contributed by atoms with E-state index >= 15 is 0 Å². The molecule has 0 atom stereocenters. The Balaban J connectivity index is 1.22. The first-order valence-corrected chi connectivity index (χ1v) is 18.4. The lowest BCUT2D eigenvalue weighted by molar-refractivity contribution is -0.138. The Morgan fingerprint density at radius 2 is 0.808 bits per heavy atom. The molecule has 0 bridgehead atoms. The average molecular weight is 715 g/mol. The molecule has 0 radical (unpaired) electrons. The minimum Gasteiger partial charge on any atom is -0.494 e. The third-order valence-electron chi connectivity index (χ3n) is 8.14. The third-order valence-corrected chi connectivity index (χ3v) is 8.14. The van der Waals surface area contributed by atoms with Crippen molar-refractivity contribution in [2.24, 2.45) is 0 Å². The summed E-state index contributed by atoms with van der Waals surface area (Å²) in [4.78, 5) is 34.7. The van der Waals surface area contributed by atoms with Crippen LogP contribution >= 0.6 is 0 Å². The van der Waals surface area contributed by atoms with Gasteiger partial charge in [-0.25, -0.2) is 14.4 Å². The maximum absolute atomic E-state index is 12.7. The maximum Gasteiger partial charge on any atom is 0.343 e. The monoisotopic (exact) mass is 714 g/mol. The van der Waals surface area contributed by atoms with Crippen molar-refractivity contribution in [3.63, 3.8) is 0 Å². The average Bonchev–Trinajstić information content (AvgIpc) is 3.17. The molecule has 0 aliphatic rings. The second-order valence-corrected chi connectivity index (χ2v) is 12.4. The molecule has 9 nitrogen and oxygen atoms in total. The fourth-order valence-corrected chi connectivity index (χ4v) is 5.15. The van der Waals surface area contributed by atoms with Crippen LogP contribution in [0.2, 0.25) is 0 Å². The van der Waals surface area contributed by atoms with E-state index in [4.69, 9.17) is 28.4 Å². The van der Waals surface area contributed by atoms with Crippen LogP contribution in [-0.2, 0) is 25.7 Å². The van der Waals surface area contributed by atoms with Gasteiger partial charge in [0.25, 0.3) is 0 Å². The predicted octanol–water partition coefficient (Wildman–Crippen LogP) is 9.77. The SMILES string of the molecule is C=CC(=O)OCCCCCCCCCCCOc1ccc(C(=O)Oc2ccc(OCc3ccc(OCCCCCCOC(=O)C=C)cc3)cc2)cc1. The number of hydrogen-bond acceptors (Lipinski definition) is 9. The Hall–Kier alpha value is -5.05. The number of carbonyl (C=O) groups excluding carboxylic acids is 3. The summed E-state index contributed by atoms with van der Waals surface area (Å²) in [6.45, 7) is 9.33. The summed E-state index contributed by atoms with van der Waals surface area (Å²) < 4.78 is 33.1. The van der Waals surface area contributed by atoms with Crippen molar-refractivity contribution in [2.75, 3.05) is 26.4 Å². The van der Waals surface area contributed by atoms with E-state index in [0.29, 0.717) is 50.1 Å². The fraction of sp³-hybridized carbons (Fsp3) is 0.419. The van der Waals surface area contributed by atoms with E-state index < -0.39 is 5.97 Å². The highest BCUT2D eigenvalue weighted by Crippen LogP contribution is 2.22. The second kappa shape index (κ2) is 25.8. The minimum absolute atomic E-state index is 0.349. The smallest absolute Gasteiger partial charge is 0.343 e. The Kier molecular flexibility index (Phi) is 20.6. The zero-order valence-electron chi connectivity index (χ0n) is 30.4. The van der Waals surface area contributed by atoms with Crippen LogP contribution in [0, 0.1) is 0 Å². The van der Waals surface area contributed by atoms with Gasteiger partial charge in [0, 0.05) is 12.2 Å². The number of rotatable bonds is 28. The van der Waals surface area contributed by atoms with Crippen molar-refractivity contribution >= 4 is 17.9 Å². The van der Waals surface area contributed by atoms with E-state index in [9.17, 15) is 14.4 Å². The second-order valence-electron chi connectivity index (χ2n) is 12.4. The summed E-state index contributed by atoms with van der Waals surface area (Å²) in [5, 5.41) is 0. The molecule has 280 valence electrons. The van der Waals surface area contributed by atoms with Gasteiger partial charge in [-0.1, -0.05) is 70.2 Å². The van der Waals surface area contributed by atoms with Gasteiger partial charge in [0.2, 0.25) is 0 Å². The molecule has 52 heavy (non-hydrogen) atoms. The highest BCUT2D eigenvalue weighted by molar-refractivity contribution is 5.91. The van der Waals surface area contributed by atoms with Gasteiger partial charge in [0.15, 0.2) is 0 Å². The van der Waals surface area contributed by atoms with Gasteiger partial charge in [0.1, 0.15) is 29.6 Å². The van der Waals surface area contributed by atoms with E-state index in [2.05, 4.69) is 13.2 Å². The van der Waals surface area contributed by atoms with Crippen LogP contribution in [0.1, 0.15) is 99.4 Å². The Morgan fingerprint density at radius 3 is 1.27 bits per heavy atom. The summed E-state index contributed by atoms with van der Waals surface area (Å²) in [7, 11) is 0. The number of carbonyl (C=O) groups is 3. The van der Waals surface area contributed by atoms with Crippen molar-refractivity contribution < 1.29 is 42.8 Å². The standard InChI is InChI=1S/C43H54O9/c1-3-41(44)49-32-16-11-9-7-5-6-8-10-14-30-48-38-24-20-36(21-25-38)43(46)52-40-28-26-39(27-29-40)51-34-35-18-22-37(23-19-35)47-31-15-12-13-17-33-50-42(45)4-2/h3-4,18-29H,1-2,5-17,30-34H2. The predicted molar refractivity (Wildman–Crippen MR) is 202 cm³/mol. The molecule has 0 fully saturated rings. The number of hydrogen-bond donors (Lipinski definition) is 0. The third kappa shape index (κ3) is 18.3. The first-order valence-electron chi connectivity index (χ1n) is 18.4. The van der Waals surface area contributed by atoms with E-state index in [0.717, 1.165) is 74.8 Å². The molecule has 0 saturated carbocycles. The molecule has 0 aromatic heterocycles. The molecular formula is C43H54O9. The van der Waals surface area contributed by atoms with E-state index in [1.807, 2.05) is 24.3 Å². The number of esters is 3. The summed E-state index contributed by atoms with van der Waals surface area (Å²) in [6, 6.07) is 21.8. The van der Waals surface area contributed by atoms with Crippen LogP contribution in [0.25, 0.3) is 0 Å². The van der Waals surface area contributed by atoms with Gasteiger partial charge in [-0.3, -0.25) is 0 Å². The largest absolute Gasteiger partial charge is 0.494 e. The van der Waals surface area contributed by atoms with Gasteiger partial charge in [0.05, 0.1) is 32.0 Å². The maximum atomic E-state index is 12.7. The molecule has 0 spiro atoms. The van der Waals surface area contributed by atoms with E-state index in [1.54, 1.807) is 48.5 Å². The van der Waals surface area contributed by atoms with Gasteiger partial charge in [-0.15, -0.1) is 0 Å². The number of ether oxygens (including phenoxy) is 6. The van der Waals surface area contributed by atoms with Crippen LogP contribution in [0.5, 0.6) is 23.0 Å². The quantitative estimate of drug-likeness (QED) is 0.0314. The van der Waals surface area contributed by atoms with E-state index in [-0.39, 0.29) is 11.9 Å². The Bertz CT molecular complexity index is 1460. The van der Waals surface area contributed by atoms with Crippen molar-refractivity contribution in [1.29, 1.82) is 0 Å². The van der Waals surface area contributed by atoms with Crippen molar-refractivity contribution in [3.8, 4) is 23.0 Å². The van der Waals surface area contributed by atoms with Crippen LogP contribution in [0.15, 0.2) is 98.1 Å². The normalized spacial score (nSPS) is 10.5. The van der Waals surface area contributed by atoms with Crippen molar-refractivity contribution in [2.45, 2.75) is 90.1 Å². The molecular weight excluding hydrogens is 660 g/mol. The molecule has 0 unspecified atom stereocenters. The fourth-order valence-electron chi connectivity index (χ4n) is 5.15. The molecule has 0 saturated heterocycles. The van der Waals surface area contributed by atoms with Crippen molar-refractivity contribution in [1.82, 2.24) is 0 Å². The van der Waals surface area contributed by atoms with Gasteiger partial charge < -0.3 is 28.4 Å². The summed E-state index contributed by atoms with van der Waals surface area (Å²) in [5.74, 6) is 1.47. The highest BCUT2D eigenvalue weighted by atomic mass is 16.5. The molecule has 0 amide bonds. The highest BCUT2D eigenvalue weighted by Gasteiger charge is 2.10.